The van der Waals surface area contributed by atoms with Crippen LogP contribution >= 0.6 is 22.9 Å². The summed E-state index contributed by atoms with van der Waals surface area (Å²) in [5, 5.41) is 3.85. The van der Waals surface area contributed by atoms with Gasteiger partial charge in [0.1, 0.15) is 11.6 Å². The highest BCUT2D eigenvalue weighted by Crippen LogP contribution is 2.25. The van der Waals surface area contributed by atoms with Crippen molar-refractivity contribution in [2.24, 2.45) is 0 Å². The second-order valence-corrected chi connectivity index (χ2v) is 7.61. The molecule has 2 aromatic carbocycles. The number of amides is 1. The van der Waals surface area contributed by atoms with Crippen molar-refractivity contribution in [1.29, 1.82) is 0 Å². The second-order valence-electron chi connectivity index (χ2n) is 6.06. The molecule has 0 aliphatic carbocycles. The van der Waals surface area contributed by atoms with Crippen LogP contribution in [-0.4, -0.2) is 10.9 Å². The molecule has 0 saturated carbocycles. The molecule has 4 rings (SSSR count). The van der Waals surface area contributed by atoms with E-state index in [4.69, 9.17) is 16.0 Å². The minimum atomic E-state index is -0.372. The zero-order valence-electron chi connectivity index (χ0n) is 14.5. The number of thiazole rings is 1. The Labute approximate surface area is 169 Å². The van der Waals surface area contributed by atoms with E-state index < -0.39 is 0 Å². The van der Waals surface area contributed by atoms with Gasteiger partial charge in [0, 0.05) is 28.1 Å². The molecular formula is C21H14ClFN2O2S. The number of furan rings is 1. The van der Waals surface area contributed by atoms with Crippen LogP contribution in [0.1, 0.15) is 21.0 Å². The van der Waals surface area contributed by atoms with E-state index in [1.165, 1.54) is 23.5 Å². The summed E-state index contributed by atoms with van der Waals surface area (Å²) in [5.74, 6) is 0.138. The fourth-order valence-corrected chi connectivity index (χ4v) is 3.61. The van der Waals surface area contributed by atoms with E-state index in [-0.39, 0.29) is 17.5 Å². The number of anilines is 1. The molecule has 0 radical (unpaired) electrons. The quantitative estimate of drug-likeness (QED) is 0.434. The number of aromatic nitrogens is 1. The molecule has 0 unspecified atom stereocenters. The van der Waals surface area contributed by atoms with Gasteiger partial charge in [0.05, 0.1) is 0 Å². The fourth-order valence-electron chi connectivity index (χ4n) is 2.64. The van der Waals surface area contributed by atoms with E-state index >= 15 is 0 Å². The van der Waals surface area contributed by atoms with Crippen LogP contribution < -0.4 is 5.32 Å². The van der Waals surface area contributed by atoms with Crippen molar-refractivity contribution in [3.8, 4) is 11.3 Å². The van der Waals surface area contributed by atoms with E-state index in [1.54, 1.807) is 42.6 Å². The molecule has 4 nitrogen and oxygen atoms in total. The third-order valence-electron chi connectivity index (χ3n) is 4.02. The monoisotopic (exact) mass is 412 g/mol. The van der Waals surface area contributed by atoms with Crippen molar-refractivity contribution in [3.63, 3.8) is 0 Å². The first-order chi connectivity index (χ1) is 13.6. The number of halogens is 2. The first-order valence-electron chi connectivity index (χ1n) is 8.43. The Morgan fingerprint density at radius 3 is 2.57 bits per heavy atom. The Balaban J connectivity index is 1.42. The largest absolute Gasteiger partial charge is 0.451 e. The van der Waals surface area contributed by atoms with Gasteiger partial charge in [-0.05, 0) is 54.1 Å². The topological polar surface area (TPSA) is 55.1 Å². The minimum Gasteiger partial charge on any atom is -0.451 e. The van der Waals surface area contributed by atoms with Gasteiger partial charge in [0.25, 0.3) is 5.91 Å². The third kappa shape index (κ3) is 4.30. The Bertz CT molecular complexity index is 1100. The van der Waals surface area contributed by atoms with Crippen LogP contribution in [0.25, 0.3) is 11.3 Å². The summed E-state index contributed by atoms with van der Waals surface area (Å²) >= 11 is 7.25. The van der Waals surface area contributed by atoms with Crippen molar-refractivity contribution in [3.05, 3.63) is 93.9 Å². The molecule has 0 atom stereocenters. The Kier molecular flexibility index (Phi) is 5.23. The van der Waals surface area contributed by atoms with Crippen molar-refractivity contribution in [1.82, 2.24) is 4.98 Å². The minimum absolute atomic E-state index is 0.195. The van der Waals surface area contributed by atoms with Crippen LogP contribution in [0.2, 0.25) is 5.02 Å². The lowest BCUT2D eigenvalue weighted by Gasteiger charge is -1.99. The lowest BCUT2D eigenvalue weighted by atomic mass is 10.1. The van der Waals surface area contributed by atoms with Crippen LogP contribution in [0.15, 0.2) is 71.3 Å². The van der Waals surface area contributed by atoms with Gasteiger partial charge >= 0.3 is 0 Å². The molecule has 2 heterocycles. The molecule has 1 amide bonds. The highest BCUT2D eigenvalue weighted by Gasteiger charge is 2.14. The van der Waals surface area contributed by atoms with E-state index in [9.17, 15) is 9.18 Å². The van der Waals surface area contributed by atoms with E-state index in [0.717, 1.165) is 16.0 Å². The predicted octanol–water partition coefficient (Wildman–Crippen LogP) is 6.04. The molecule has 4 aromatic rings. The molecular weight excluding hydrogens is 399 g/mol. The lowest BCUT2D eigenvalue weighted by Crippen LogP contribution is -2.10. The average molecular weight is 413 g/mol. The van der Waals surface area contributed by atoms with Crippen LogP contribution in [-0.2, 0) is 6.42 Å². The van der Waals surface area contributed by atoms with Gasteiger partial charge in [-0.1, -0.05) is 23.7 Å². The van der Waals surface area contributed by atoms with E-state index in [1.807, 2.05) is 12.1 Å². The van der Waals surface area contributed by atoms with Crippen LogP contribution in [0.5, 0.6) is 0 Å². The third-order valence-corrected chi connectivity index (χ3v) is 5.19. The molecule has 7 heteroatoms. The number of nitrogens with one attached hydrogen (secondary N) is 1. The van der Waals surface area contributed by atoms with Gasteiger partial charge in [0.2, 0.25) is 0 Å². The number of hydrogen-bond acceptors (Lipinski definition) is 4. The number of nitrogens with zero attached hydrogens (tertiary/aromatic N) is 1. The number of carbonyl (C=O) groups is 1. The van der Waals surface area contributed by atoms with E-state index in [0.29, 0.717) is 22.3 Å². The van der Waals surface area contributed by atoms with Crippen molar-refractivity contribution in [2.75, 3.05) is 5.32 Å². The molecule has 0 aliphatic rings. The summed E-state index contributed by atoms with van der Waals surface area (Å²) in [7, 11) is 0. The number of rotatable bonds is 5. The first-order valence-corrected chi connectivity index (χ1v) is 9.62. The maximum absolute atomic E-state index is 13.0. The Morgan fingerprint density at radius 2 is 1.82 bits per heavy atom. The average Bonchev–Trinajstić information content (AvgIpc) is 3.34. The van der Waals surface area contributed by atoms with Crippen molar-refractivity contribution >= 4 is 34.0 Å². The molecule has 2 aromatic heterocycles. The summed E-state index contributed by atoms with van der Waals surface area (Å²) < 4.78 is 18.6. The molecule has 0 spiro atoms. The van der Waals surface area contributed by atoms with Gasteiger partial charge in [-0.25, -0.2) is 9.37 Å². The number of hydrogen-bond donors (Lipinski definition) is 1. The number of benzene rings is 2. The SMILES string of the molecule is O=C(Nc1ncc(Cc2ccc(F)cc2)s1)c1ccc(-c2ccc(Cl)cc2)o1. The normalized spacial score (nSPS) is 10.8. The second kappa shape index (κ2) is 7.96. The highest BCUT2D eigenvalue weighted by atomic mass is 35.5. The predicted molar refractivity (Wildman–Crippen MR) is 108 cm³/mol. The maximum Gasteiger partial charge on any atom is 0.293 e. The molecule has 140 valence electrons. The summed E-state index contributed by atoms with van der Waals surface area (Å²) in [6.45, 7) is 0. The summed E-state index contributed by atoms with van der Waals surface area (Å²) in [5.41, 5.74) is 1.81. The zero-order valence-corrected chi connectivity index (χ0v) is 16.1. The summed E-state index contributed by atoms with van der Waals surface area (Å²) in [4.78, 5) is 17.6. The molecule has 1 N–H and O–H groups in total. The Morgan fingerprint density at radius 1 is 1.07 bits per heavy atom. The van der Waals surface area contributed by atoms with Gasteiger partial charge in [-0.2, -0.15) is 0 Å². The molecule has 0 aliphatic heterocycles. The van der Waals surface area contributed by atoms with Crippen molar-refractivity contribution < 1.29 is 13.6 Å². The van der Waals surface area contributed by atoms with Crippen LogP contribution in [0, 0.1) is 5.82 Å². The maximum atomic E-state index is 13.0. The van der Waals surface area contributed by atoms with Gasteiger partial charge in [-0.3, -0.25) is 10.1 Å². The van der Waals surface area contributed by atoms with Gasteiger partial charge in [-0.15, -0.1) is 11.3 Å². The molecule has 0 bridgehead atoms. The standard InChI is InChI=1S/C21H14ClFN2O2S/c22-15-5-3-14(4-6-15)18-9-10-19(27-18)20(26)25-21-24-12-17(28-21)11-13-1-7-16(23)8-2-13/h1-10,12H,11H2,(H,24,25,26). The fraction of sp³-hybridized carbons (Fsp3) is 0.0476. The van der Waals surface area contributed by atoms with Gasteiger partial charge in [0.15, 0.2) is 10.9 Å². The summed E-state index contributed by atoms with van der Waals surface area (Å²) in [6, 6.07) is 16.8. The van der Waals surface area contributed by atoms with E-state index in [2.05, 4.69) is 10.3 Å². The Hall–Kier alpha value is -2.96. The smallest absolute Gasteiger partial charge is 0.293 e. The zero-order chi connectivity index (χ0) is 19.5. The molecule has 0 fully saturated rings. The summed E-state index contributed by atoms with van der Waals surface area (Å²) in [6.07, 6.45) is 2.32. The van der Waals surface area contributed by atoms with Gasteiger partial charge < -0.3 is 4.42 Å². The lowest BCUT2D eigenvalue weighted by molar-refractivity contribution is 0.0997. The van der Waals surface area contributed by atoms with Crippen LogP contribution in [0.3, 0.4) is 0 Å². The molecule has 0 saturated heterocycles. The first kappa shape index (κ1) is 18.4. The molecule has 28 heavy (non-hydrogen) atoms. The van der Waals surface area contributed by atoms with Crippen molar-refractivity contribution in [2.45, 2.75) is 6.42 Å². The number of carbonyl (C=O) groups excluding carboxylic acids is 1. The van der Waals surface area contributed by atoms with Crippen LogP contribution in [0.4, 0.5) is 9.52 Å². The highest BCUT2D eigenvalue weighted by molar-refractivity contribution is 7.15.